The first-order valence-electron chi connectivity index (χ1n) is 7.75. The fraction of sp³-hybridized carbons (Fsp3) is 0.235. The van der Waals surface area contributed by atoms with E-state index in [1.807, 2.05) is 0 Å². The van der Waals surface area contributed by atoms with Gasteiger partial charge in [-0.05, 0) is 42.8 Å². The van der Waals surface area contributed by atoms with Crippen molar-refractivity contribution in [1.82, 2.24) is 0 Å². The SMILES string of the molecule is CS(=O)(=O)N(CCCC(=O)Nc1cc(Cl)cc(Cl)c1)c1cc(Cl)ccc1Cl. The van der Waals surface area contributed by atoms with Crippen LogP contribution < -0.4 is 9.62 Å². The number of hydrogen-bond acceptors (Lipinski definition) is 3. The zero-order valence-corrected chi connectivity index (χ0v) is 18.0. The van der Waals surface area contributed by atoms with Gasteiger partial charge in [0.25, 0.3) is 0 Å². The van der Waals surface area contributed by atoms with Crippen LogP contribution in [0.2, 0.25) is 20.1 Å². The summed E-state index contributed by atoms with van der Waals surface area (Å²) in [5.74, 6) is -0.293. The van der Waals surface area contributed by atoms with Crippen LogP contribution in [-0.2, 0) is 14.8 Å². The molecule has 27 heavy (non-hydrogen) atoms. The molecule has 0 unspecified atom stereocenters. The topological polar surface area (TPSA) is 66.5 Å². The van der Waals surface area contributed by atoms with Crippen LogP contribution >= 0.6 is 46.4 Å². The third-order valence-electron chi connectivity index (χ3n) is 3.49. The second kappa shape index (κ2) is 9.34. The number of anilines is 2. The number of rotatable bonds is 7. The first-order chi connectivity index (χ1) is 12.6. The molecular weight excluding hydrogens is 454 g/mol. The maximum Gasteiger partial charge on any atom is 0.232 e. The van der Waals surface area contributed by atoms with Crippen molar-refractivity contribution in [1.29, 1.82) is 0 Å². The van der Waals surface area contributed by atoms with E-state index in [2.05, 4.69) is 5.32 Å². The molecule has 0 saturated heterocycles. The van der Waals surface area contributed by atoms with Crippen LogP contribution in [0.3, 0.4) is 0 Å². The summed E-state index contributed by atoms with van der Waals surface area (Å²) in [7, 11) is -3.60. The highest BCUT2D eigenvalue weighted by Gasteiger charge is 2.20. The van der Waals surface area contributed by atoms with E-state index in [1.165, 1.54) is 12.1 Å². The van der Waals surface area contributed by atoms with Crippen molar-refractivity contribution < 1.29 is 13.2 Å². The standard InChI is InChI=1S/C17H16Cl4N2O3S/c1-27(25,26)23(16-10-11(18)4-5-15(16)21)6-2-3-17(24)22-14-8-12(19)7-13(20)9-14/h4-5,7-10H,2-3,6H2,1H3,(H,22,24). The summed E-state index contributed by atoms with van der Waals surface area (Å²) in [6.45, 7) is 0.0720. The fourth-order valence-electron chi connectivity index (χ4n) is 2.37. The Labute approximate surface area is 178 Å². The summed E-state index contributed by atoms with van der Waals surface area (Å²) in [5.41, 5.74) is 0.740. The van der Waals surface area contributed by atoms with Crippen molar-refractivity contribution in [2.45, 2.75) is 12.8 Å². The molecule has 0 heterocycles. The Bertz CT molecular complexity index is 931. The number of sulfonamides is 1. The Morgan fingerprint density at radius 1 is 1.00 bits per heavy atom. The van der Waals surface area contributed by atoms with Gasteiger partial charge in [-0.15, -0.1) is 0 Å². The number of carbonyl (C=O) groups is 1. The van der Waals surface area contributed by atoms with Gasteiger partial charge in [-0.25, -0.2) is 8.42 Å². The number of halogens is 4. The van der Waals surface area contributed by atoms with Gasteiger partial charge in [-0.1, -0.05) is 46.4 Å². The van der Waals surface area contributed by atoms with Gasteiger partial charge < -0.3 is 5.32 Å². The number of nitrogens with one attached hydrogen (secondary N) is 1. The molecule has 2 aromatic rings. The number of carbonyl (C=O) groups excluding carboxylic acids is 1. The highest BCUT2D eigenvalue weighted by molar-refractivity contribution is 7.92. The molecule has 0 aromatic heterocycles. The Morgan fingerprint density at radius 2 is 1.63 bits per heavy atom. The molecule has 1 amide bonds. The third-order valence-corrected chi connectivity index (χ3v) is 5.66. The minimum atomic E-state index is -3.60. The van der Waals surface area contributed by atoms with Gasteiger partial charge in [0.1, 0.15) is 0 Å². The average molecular weight is 470 g/mol. The molecule has 146 valence electrons. The number of benzene rings is 2. The molecule has 1 N–H and O–H groups in total. The second-order valence-corrected chi connectivity index (χ2v) is 9.36. The molecule has 0 aliphatic rings. The first-order valence-corrected chi connectivity index (χ1v) is 11.1. The van der Waals surface area contributed by atoms with Crippen molar-refractivity contribution in [3.8, 4) is 0 Å². The predicted octanol–water partition coefficient (Wildman–Crippen LogP) is 5.49. The molecule has 10 heteroatoms. The summed E-state index contributed by atoms with van der Waals surface area (Å²) in [6.07, 6.45) is 1.43. The van der Waals surface area contributed by atoms with E-state index < -0.39 is 10.0 Å². The smallest absolute Gasteiger partial charge is 0.232 e. The van der Waals surface area contributed by atoms with Crippen LogP contribution in [0.15, 0.2) is 36.4 Å². The van der Waals surface area contributed by atoms with Crippen LogP contribution in [0, 0.1) is 0 Å². The molecule has 0 radical (unpaired) electrons. The predicted molar refractivity (Wildman–Crippen MR) is 113 cm³/mol. The van der Waals surface area contributed by atoms with Crippen LogP contribution in [0.4, 0.5) is 11.4 Å². The second-order valence-electron chi connectivity index (χ2n) is 5.74. The lowest BCUT2D eigenvalue weighted by Crippen LogP contribution is -2.31. The average Bonchev–Trinajstić information content (AvgIpc) is 2.52. The molecule has 0 saturated carbocycles. The molecule has 2 aromatic carbocycles. The number of hydrogen-bond donors (Lipinski definition) is 1. The van der Waals surface area contributed by atoms with Gasteiger partial charge in [0, 0.05) is 33.7 Å². The molecular formula is C17H16Cl4N2O3S. The van der Waals surface area contributed by atoms with Crippen LogP contribution in [0.5, 0.6) is 0 Å². The molecule has 0 aliphatic heterocycles. The van der Waals surface area contributed by atoms with E-state index in [-0.39, 0.29) is 36.0 Å². The lowest BCUT2D eigenvalue weighted by atomic mass is 10.2. The highest BCUT2D eigenvalue weighted by Crippen LogP contribution is 2.31. The molecule has 0 aliphatic carbocycles. The third kappa shape index (κ3) is 6.73. The van der Waals surface area contributed by atoms with Gasteiger partial charge in [-0.2, -0.15) is 0 Å². The van der Waals surface area contributed by atoms with E-state index in [1.54, 1.807) is 24.3 Å². The Morgan fingerprint density at radius 3 is 2.22 bits per heavy atom. The van der Waals surface area contributed by atoms with E-state index >= 15 is 0 Å². The Balaban J connectivity index is 2.03. The summed E-state index contributed by atoms with van der Waals surface area (Å²) in [6, 6.07) is 9.25. The molecule has 0 fully saturated rings. The summed E-state index contributed by atoms with van der Waals surface area (Å²) in [5, 5.41) is 4.09. The van der Waals surface area contributed by atoms with Crippen molar-refractivity contribution in [3.63, 3.8) is 0 Å². The monoisotopic (exact) mass is 468 g/mol. The number of amides is 1. The van der Waals surface area contributed by atoms with Gasteiger partial charge >= 0.3 is 0 Å². The minimum absolute atomic E-state index is 0.0720. The van der Waals surface area contributed by atoms with E-state index in [4.69, 9.17) is 46.4 Å². The Kier molecular flexibility index (Phi) is 7.65. The number of nitrogens with zero attached hydrogens (tertiary/aromatic N) is 1. The van der Waals surface area contributed by atoms with Crippen molar-refractivity contribution >= 4 is 73.7 Å². The summed E-state index contributed by atoms with van der Waals surface area (Å²) >= 11 is 23.8. The van der Waals surface area contributed by atoms with Gasteiger partial charge in [0.2, 0.25) is 15.9 Å². The van der Waals surface area contributed by atoms with Crippen molar-refractivity contribution in [2.24, 2.45) is 0 Å². The van der Waals surface area contributed by atoms with E-state index in [0.717, 1.165) is 10.6 Å². The summed E-state index contributed by atoms with van der Waals surface area (Å²) < 4.78 is 25.4. The maximum atomic E-state index is 12.1. The molecule has 0 spiro atoms. The van der Waals surface area contributed by atoms with Gasteiger partial charge in [0.15, 0.2) is 0 Å². The highest BCUT2D eigenvalue weighted by atomic mass is 35.5. The fourth-order valence-corrected chi connectivity index (χ4v) is 4.31. The lowest BCUT2D eigenvalue weighted by molar-refractivity contribution is -0.116. The van der Waals surface area contributed by atoms with Crippen LogP contribution in [-0.4, -0.2) is 27.1 Å². The maximum absolute atomic E-state index is 12.1. The van der Waals surface area contributed by atoms with E-state index in [9.17, 15) is 13.2 Å². The molecule has 5 nitrogen and oxygen atoms in total. The lowest BCUT2D eigenvalue weighted by Gasteiger charge is -2.23. The molecule has 2 rings (SSSR count). The van der Waals surface area contributed by atoms with Gasteiger partial charge in [0.05, 0.1) is 17.0 Å². The van der Waals surface area contributed by atoms with Crippen molar-refractivity contribution in [3.05, 3.63) is 56.5 Å². The zero-order valence-electron chi connectivity index (χ0n) is 14.2. The minimum Gasteiger partial charge on any atom is -0.326 e. The normalized spacial score (nSPS) is 11.3. The summed E-state index contributed by atoms with van der Waals surface area (Å²) in [4.78, 5) is 12.1. The van der Waals surface area contributed by atoms with Gasteiger partial charge in [-0.3, -0.25) is 9.10 Å². The van der Waals surface area contributed by atoms with Crippen LogP contribution in [0.25, 0.3) is 0 Å². The Hall–Kier alpha value is -1.18. The van der Waals surface area contributed by atoms with Crippen molar-refractivity contribution in [2.75, 3.05) is 22.4 Å². The molecule has 0 atom stereocenters. The van der Waals surface area contributed by atoms with Crippen LogP contribution in [0.1, 0.15) is 12.8 Å². The quantitative estimate of drug-likeness (QED) is 0.583. The molecule has 0 bridgehead atoms. The largest absolute Gasteiger partial charge is 0.326 e. The first kappa shape index (κ1) is 22.1. The zero-order chi connectivity index (χ0) is 20.2. The van der Waals surface area contributed by atoms with E-state index in [0.29, 0.717) is 20.8 Å².